The van der Waals surface area contributed by atoms with Crippen LogP contribution in [0.5, 0.6) is 0 Å². The lowest BCUT2D eigenvalue weighted by Gasteiger charge is -2.08. The van der Waals surface area contributed by atoms with E-state index in [0.717, 1.165) is 175 Å². The van der Waals surface area contributed by atoms with Crippen LogP contribution in [0.15, 0.2) is 392 Å². The van der Waals surface area contributed by atoms with E-state index in [1.807, 2.05) is 206 Å². The van der Waals surface area contributed by atoms with Crippen molar-refractivity contribution in [2.24, 2.45) is 0 Å². The average molecular weight is 1710 g/mol. The van der Waals surface area contributed by atoms with Crippen molar-refractivity contribution in [3.8, 4) is 170 Å². The summed E-state index contributed by atoms with van der Waals surface area (Å²) >= 11 is 1.79. The molecule has 27 rings (SSSR count). The van der Waals surface area contributed by atoms with Crippen molar-refractivity contribution < 1.29 is 8.83 Å². The van der Waals surface area contributed by atoms with E-state index >= 15 is 0 Å². The van der Waals surface area contributed by atoms with Crippen LogP contribution in [0, 0.1) is 0 Å². The van der Waals surface area contributed by atoms with Crippen molar-refractivity contribution in [2.45, 2.75) is 19.3 Å². The zero-order valence-corrected chi connectivity index (χ0v) is 71.2. The molecule has 3 aliphatic rings. The van der Waals surface area contributed by atoms with E-state index in [1.54, 1.807) is 30.3 Å². The molecule has 0 saturated heterocycles. The number of hydrogen-bond donors (Lipinski definition) is 0. The van der Waals surface area contributed by atoms with Crippen molar-refractivity contribution in [1.82, 2.24) is 74.8 Å². The molecule has 0 atom stereocenters. The zero-order chi connectivity index (χ0) is 87.1. The van der Waals surface area contributed by atoms with Crippen LogP contribution in [-0.2, 0) is 19.3 Å². The van der Waals surface area contributed by atoms with Gasteiger partial charge in [0.15, 0.2) is 52.4 Å². The van der Waals surface area contributed by atoms with E-state index in [-0.39, 0.29) is 0 Å². The third-order valence-electron chi connectivity index (χ3n) is 24.9. The van der Waals surface area contributed by atoms with Crippen molar-refractivity contribution in [3.63, 3.8) is 0 Å². The highest BCUT2D eigenvalue weighted by Crippen LogP contribution is 2.47. The number of hydrogen-bond acceptors (Lipinski definition) is 18. The summed E-state index contributed by atoms with van der Waals surface area (Å²) in [5, 5.41) is 6.56. The van der Waals surface area contributed by atoms with E-state index in [0.29, 0.717) is 52.4 Å². The summed E-state index contributed by atoms with van der Waals surface area (Å²) in [6.07, 6.45) is 7.53. The first kappa shape index (κ1) is 76.8. The van der Waals surface area contributed by atoms with Gasteiger partial charge in [-0.3, -0.25) is 0 Å². The largest absolute Gasteiger partial charge is 0.456 e. The van der Waals surface area contributed by atoms with Crippen molar-refractivity contribution in [1.29, 1.82) is 0 Å². The van der Waals surface area contributed by atoms with Crippen molar-refractivity contribution in [2.75, 3.05) is 0 Å². The molecule has 132 heavy (non-hydrogen) atoms. The fraction of sp³-hybridized carbons (Fsp3) is 0.0263. The molecule has 15 aromatic carbocycles. The fourth-order valence-corrected chi connectivity index (χ4v) is 19.7. The topological polar surface area (TPSA) is 220 Å². The molecule has 3 aliphatic carbocycles. The quantitative estimate of drug-likeness (QED) is 0.111. The van der Waals surface area contributed by atoms with Crippen molar-refractivity contribution in [3.05, 3.63) is 416 Å². The third-order valence-corrected chi connectivity index (χ3v) is 26.0. The maximum absolute atomic E-state index is 6.47. The molecule has 17 nitrogen and oxygen atoms in total. The number of rotatable bonds is 12. The standard InChI is InChI=1S/2C38H23N5O.C38H23N5S/c1-3-9-23(10-4-1)36-41-37(24-11-5-2-6-12-24)43-38(42-36)27-16-18-33-30(21-27)29-20-26(15-17-32(29)44-33)34-31-19-25-13-7-8-14-28(25)35(31)40-22-39-34;2*1-3-9-23(10-4-1)36-41-37(24-11-5-2-6-12-24)43-38(42-36)27-16-18-30-29-17-15-26(20-32(29)44-33(30)21-27)34-31-19-25-13-7-8-14-28(25)35(31)40-22-39-34/h3*1-18,20-22H,19H2. The van der Waals surface area contributed by atoms with Gasteiger partial charge in [-0.15, -0.1) is 11.3 Å². The lowest BCUT2D eigenvalue weighted by Crippen LogP contribution is -2.00. The molecule has 0 amide bonds. The van der Waals surface area contributed by atoms with Crippen LogP contribution in [0.25, 0.3) is 234 Å². The second-order valence-electron chi connectivity index (χ2n) is 32.8. The molecule has 0 spiro atoms. The number of nitrogens with zero attached hydrogens (tertiary/aromatic N) is 15. The summed E-state index contributed by atoms with van der Waals surface area (Å²) in [5.41, 5.74) is 31.7. The first-order valence-electron chi connectivity index (χ1n) is 43.6. The molecule has 0 saturated carbocycles. The van der Waals surface area contributed by atoms with Crippen molar-refractivity contribution >= 4 is 75.4 Å². The van der Waals surface area contributed by atoms with Gasteiger partial charge in [0.2, 0.25) is 0 Å². The van der Waals surface area contributed by atoms with Gasteiger partial charge in [-0.2, -0.15) is 0 Å². The Balaban J connectivity index is 0.000000106. The average Bonchev–Trinajstić information content (AvgIpc) is 1.57. The Kier molecular flexibility index (Phi) is 18.8. The van der Waals surface area contributed by atoms with Gasteiger partial charge in [0.25, 0.3) is 0 Å². The molecule has 18 heteroatoms. The van der Waals surface area contributed by atoms with Gasteiger partial charge in [-0.25, -0.2) is 74.8 Å². The highest BCUT2D eigenvalue weighted by molar-refractivity contribution is 7.25. The maximum Gasteiger partial charge on any atom is 0.164 e. The Morgan fingerprint density at radius 1 is 0.182 bits per heavy atom. The lowest BCUT2D eigenvalue weighted by atomic mass is 10.0. The molecule has 0 N–H and O–H groups in total. The number of fused-ring (bicyclic) bond motifs is 18. The van der Waals surface area contributed by atoms with E-state index in [9.17, 15) is 0 Å². The highest BCUT2D eigenvalue weighted by Gasteiger charge is 2.29. The van der Waals surface area contributed by atoms with Gasteiger partial charge in [0.1, 0.15) is 41.3 Å². The van der Waals surface area contributed by atoms with E-state index in [1.165, 1.54) is 59.1 Å². The molecule has 24 aromatic rings. The van der Waals surface area contributed by atoms with Crippen LogP contribution < -0.4 is 0 Å². The zero-order valence-electron chi connectivity index (χ0n) is 70.4. The predicted octanol–water partition coefficient (Wildman–Crippen LogP) is 26.9. The van der Waals surface area contributed by atoms with Crippen LogP contribution >= 0.6 is 11.3 Å². The normalized spacial score (nSPS) is 12.0. The van der Waals surface area contributed by atoms with Crippen LogP contribution in [0.3, 0.4) is 0 Å². The van der Waals surface area contributed by atoms with Crippen LogP contribution in [-0.4, -0.2) is 74.8 Å². The van der Waals surface area contributed by atoms with Gasteiger partial charge in [-0.05, 0) is 89.5 Å². The molecule has 0 aliphatic heterocycles. The predicted molar refractivity (Wildman–Crippen MR) is 524 cm³/mol. The van der Waals surface area contributed by atoms with E-state index in [4.69, 9.17) is 68.6 Å². The molecule has 0 radical (unpaired) electrons. The Morgan fingerprint density at radius 3 is 0.788 bits per heavy atom. The van der Waals surface area contributed by atoms with Crippen LogP contribution in [0.4, 0.5) is 0 Å². The summed E-state index contributed by atoms with van der Waals surface area (Å²) in [5.74, 6) is 5.71. The molecule has 0 unspecified atom stereocenters. The summed E-state index contributed by atoms with van der Waals surface area (Å²) in [7, 11) is 0. The molecule has 0 bridgehead atoms. The highest BCUT2D eigenvalue weighted by atomic mass is 32.1. The summed E-state index contributed by atoms with van der Waals surface area (Å²) in [6, 6.07) is 124. The Hall–Kier alpha value is -17.6. The van der Waals surface area contributed by atoms with Crippen LogP contribution in [0.2, 0.25) is 0 Å². The SMILES string of the molecule is c1ccc(-c2nc(-c3ccccc3)nc(-c3ccc4c(c3)oc3cc(-c5ncnc6c5Cc5ccccc5-6)ccc34)n2)cc1.c1ccc(-c2nc(-c3ccccc3)nc(-c3ccc4c(c3)sc3cc(-c5ncnc6c5Cc5ccccc5-6)ccc34)n2)cc1.c1ccc(-c2nc(-c3ccccc3)nc(-c3ccc4oc5ccc(-c6ncnc7c6Cc6ccccc6-7)cc5c4c3)n2)cc1. The monoisotopic (exact) mass is 1710 g/mol. The molecule has 9 heterocycles. The molecular formula is C114H69N15O2S. The van der Waals surface area contributed by atoms with Crippen LogP contribution in [0.1, 0.15) is 33.4 Å². The Bertz CT molecular complexity index is 8190. The van der Waals surface area contributed by atoms with Gasteiger partial charge in [0.05, 0.1) is 34.2 Å². The third kappa shape index (κ3) is 14.0. The Labute approximate surface area is 759 Å². The number of aromatic nitrogens is 15. The molecule has 0 fully saturated rings. The molecular weight excluding hydrogens is 1640 g/mol. The number of benzene rings is 15. The Morgan fingerprint density at radius 2 is 0.424 bits per heavy atom. The fourth-order valence-electron chi connectivity index (χ4n) is 18.5. The second-order valence-corrected chi connectivity index (χ2v) is 33.9. The summed E-state index contributed by atoms with van der Waals surface area (Å²) in [6.45, 7) is 0. The summed E-state index contributed by atoms with van der Waals surface area (Å²) < 4.78 is 15.2. The van der Waals surface area contributed by atoms with E-state index in [2.05, 4.69) is 173 Å². The number of thiophene rings is 1. The minimum atomic E-state index is 0.594. The smallest absolute Gasteiger partial charge is 0.164 e. The maximum atomic E-state index is 6.47. The van der Waals surface area contributed by atoms with Gasteiger partial charge < -0.3 is 8.83 Å². The summed E-state index contributed by atoms with van der Waals surface area (Å²) in [4.78, 5) is 72.1. The van der Waals surface area contributed by atoms with Gasteiger partial charge in [0, 0.05) is 161 Å². The van der Waals surface area contributed by atoms with E-state index < -0.39 is 0 Å². The second kappa shape index (κ2) is 32.4. The van der Waals surface area contributed by atoms with Gasteiger partial charge in [-0.1, -0.05) is 291 Å². The number of furan rings is 2. The molecule has 618 valence electrons. The lowest BCUT2D eigenvalue weighted by molar-refractivity contribution is 0.668. The minimum Gasteiger partial charge on any atom is -0.456 e. The molecule has 9 aromatic heterocycles. The first-order chi connectivity index (χ1) is 65.3. The minimum absolute atomic E-state index is 0.594. The van der Waals surface area contributed by atoms with Gasteiger partial charge >= 0.3 is 0 Å². The first-order valence-corrected chi connectivity index (χ1v) is 44.5.